The van der Waals surface area contributed by atoms with Crippen molar-refractivity contribution in [2.24, 2.45) is 11.8 Å². The average Bonchev–Trinajstić information content (AvgIpc) is 2.39. The van der Waals surface area contributed by atoms with Gasteiger partial charge >= 0.3 is 0 Å². The van der Waals surface area contributed by atoms with Crippen LogP contribution in [0.2, 0.25) is 0 Å². The lowest BCUT2D eigenvalue weighted by Crippen LogP contribution is -2.40. The summed E-state index contributed by atoms with van der Waals surface area (Å²) in [4.78, 5) is 23.4. The first-order valence-electron chi connectivity index (χ1n) is 6.41. The molecule has 1 fully saturated rings. The van der Waals surface area contributed by atoms with E-state index in [-0.39, 0.29) is 5.78 Å². The maximum absolute atomic E-state index is 12.3. The van der Waals surface area contributed by atoms with Crippen LogP contribution in [0.15, 0.2) is 24.3 Å². The Morgan fingerprint density at radius 3 is 2.17 bits per heavy atom. The molecule has 0 aromatic heterocycles. The largest absolute Gasteiger partial charge is 0.550 e. The number of hydrogen-bond donors (Lipinski definition) is 0. The zero-order valence-electron chi connectivity index (χ0n) is 10.5. The fourth-order valence-corrected chi connectivity index (χ4v) is 2.66. The van der Waals surface area contributed by atoms with Crippen LogP contribution in [-0.4, -0.2) is 11.8 Å². The fourth-order valence-electron chi connectivity index (χ4n) is 2.66. The van der Waals surface area contributed by atoms with Gasteiger partial charge in [0, 0.05) is 23.4 Å². The molecule has 3 heteroatoms. The Kier molecular flexibility index (Phi) is 3.80. The van der Waals surface area contributed by atoms with Crippen LogP contribution in [0.25, 0.3) is 0 Å². The van der Waals surface area contributed by atoms with Crippen molar-refractivity contribution in [2.75, 3.05) is 0 Å². The van der Waals surface area contributed by atoms with Gasteiger partial charge in [0.05, 0.1) is 0 Å². The lowest BCUT2D eigenvalue weighted by atomic mass is 9.75. The van der Waals surface area contributed by atoms with Gasteiger partial charge in [-0.3, -0.25) is 4.79 Å². The number of benzene rings is 1. The Hall–Kier alpha value is -1.64. The number of carbonyl (C=O) groups excluding carboxylic acids is 2. The summed E-state index contributed by atoms with van der Waals surface area (Å²) in [6.45, 7) is 1.96. The molecule has 1 aromatic carbocycles. The van der Waals surface area contributed by atoms with Gasteiger partial charge in [-0.25, -0.2) is 0 Å². The molecular formula is C15H17O3-. The molecule has 1 aromatic rings. The highest BCUT2D eigenvalue weighted by atomic mass is 16.4. The third kappa shape index (κ3) is 2.61. The molecule has 1 aliphatic carbocycles. The third-order valence-corrected chi connectivity index (χ3v) is 3.74. The first-order valence-corrected chi connectivity index (χ1v) is 6.41. The summed E-state index contributed by atoms with van der Waals surface area (Å²) in [5.74, 6) is -2.16. The van der Waals surface area contributed by atoms with Crippen LogP contribution in [0.5, 0.6) is 0 Å². The third-order valence-electron chi connectivity index (χ3n) is 3.74. The summed E-state index contributed by atoms with van der Waals surface area (Å²) < 4.78 is 0. The van der Waals surface area contributed by atoms with Gasteiger partial charge in [-0.1, -0.05) is 42.7 Å². The molecule has 18 heavy (non-hydrogen) atoms. The van der Waals surface area contributed by atoms with Gasteiger partial charge in [0.2, 0.25) is 0 Å². The van der Waals surface area contributed by atoms with Crippen LogP contribution in [0, 0.1) is 18.8 Å². The van der Waals surface area contributed by atoms with E-state index in [9.17, 15) is 14.7 Å². The lowest BCUT2D eigenvalue weighted by Gasteiger charge is -2.31. The van der Waals surface area contributed by atoms with E-state index >= 15 is 0 Å². The minimum Gasteiger partial charge on any atom is -0.550 e. The van der Waals surface area contributed by atoms with Crippen LogP contribution in [0.4, 0.5) is 0 Å². The summed E-state index contributed by atoms with van der Waals surface area (Å²) in [5.41, 5.74) is 1.70. The van der Waals surface area contributed by atoms with E-state index in [1.54, 1.807) is 12.1 Å². The molecule has 0 heterocycles. The van der Waals surface area contributed by atoms with Crippen molar-refractivity contribution in [3.05, 3.63) is 35.4 Å². The molecule has 1 saturated carbocycles. The highest BCUT2D eigenvalue weighted by Crippen LogP contribution is 2.32. The first kappa shape index (κ1) is 12.8. The van der Waals surface area contributed by atoms with E-state index in [0.717, 1.165) is 18.4 Å². The Morgan fingerprint density at radius 2 is 1.61 bits per heavy atom. The van der Waals surface area contributed by atoms with E-state index in [1.807, 2.05) is 19.1 Å². The van der Waals surface area contributed by atoms with Crippen molar-refractivity contribution in [3.63, 3.8) is 0 Å². The molecular weight excluding hydrogens is 228 g/mol. The van der Waals surface area contributed by atoms with Gasteiger partial charge in [0.25, 0.3) is 0 Å². The Balaban J connectivity index is 2.20. The summed E-state index contributed by atoms with van der Waals surface area (Å²) >= 11 is 0. The molecule has 0 radical (unpaired) electrons. The Bertz CT molecular complexity index is 447. The molecule has 0 amide bonds. The zero-order chi connectivity index (χ0) is 13.1. The molecule has 96 valence electrons. The van der Waals surface area contributed by atoms with E-state index in [1.165, 1.54) is 0 Å². The van der Waals surface area contributed by atoms with Crippen molar-refractivity contribution in [1.82, 2.24) is 0 Å². The van der Waals surface area contributed by atoms with Crippen molar-refractivity contribution in [1.29, 1.82) is 0 Å². The Labute approximate surface area is 107 Å². The standard InChI is InChI=1S/C15H18O3/c1-10-6-8-11(9-7-10)14(16)12-4-2-3-5-13(12)15(17)18/h6-9,12-13H,2-5H2,1H3,(H,17,18)/p-1/t12-,13+/m0/s1. The molecule has 0 aliphatic heterocycles. The van der Waals surface area contributed by atoms with Crippen LogP contribution < -0.4 is 5.11 Å². The van der Waals surface area contributed by atoms with Gasteiger partial charge in [-0.15, -0.1) is 0 Å². The van der Waals surface area contributed by atoms with E-state index in [4.69, 9.17) is 0 Å². The maximum atomic E-state index is 12.3. The number of aryl methyl sites for hydroxylation is 1. The van der Waals surface area contributed by atoms with Crippen molar-refractivity contribution in [3.8, 4) is 0 Å². The van der Waals surface area contributed by atoms with E-state index in [0.29, 0.717) is 18.4 Å². The highest BCUT2D eigenvalue weighted by Gasteiger charge is 2.32. The van der Waals surface area contributed by atoms with Gasteiger partial charge < -0.3 is 9.90 Å². The summed E-state index contributed by atoms with van der Waals surface area (Å²) in [6.07, 6.45) is 3.01. The smallest absolute Gasteiger partial charge is 0.166 e. The molecule has 3 nitrogen and oxygen atoms in total. The zero-order valence-corrected chi connectivity index (χ0v) is 10.5. The van der Waals surface area contributed by atoms with Crippen molar-refractivity contribution in [2.45, 2.75) is 32.6 Å². The maximum Gasteiger partial charge on any atom is 0.166 e. The number of ketones is 1. The van der Waals surface area contributed by atoms with Gasteiger partial charge in [0.1, 0.15) is 0 Å². The lowest BCUT2D eigenvalue weighted by molar-refractivity contribution is -0.313. The monoisotopic (exact) mass is 245 g/mol. The van der Waals surface area contributed by atoms with Crippen LogP contribution in [0.1, 0.15) is 41.6 Å². The van der Waals surface area contributed by atoms with Gasteiger partial charge in [0.15, 0.2) is 5.78 Å². The predicted molar refractivity (Wildman–Crippen MR) is 66.0 cm³/mol. The second-order valence-electron chi connectivity index (χ2n) is 5.05. The normalized spacial score (nSPS) is 23.6. The summed E-state index contributed by atoms with van der Waals surface area (Å²) in [6, 6.07) is 7.31. The molecule has 1 aliphatic rings. The number of Topliss-reactive ketones (excluding diaryl/α,β-unsaturated/α-hetero) is 1. The molecule has 2 atom stereocenters. The minimum atomic E-state index is -1.08. The van der Waals surface area contributed by atoms with Crippen LogP contribution in [0.3, 0.4) is 0 Å². The second-order valence-corrected chi connectivity index (χ2v) is 5.05. The molecule has 0 saturated heterocycles. The number of carboxylic acid groups (broad SMARTS) is 1. The van der Waals surface area contributed by atoms with Crippen molar-refractivity contribution < 1.29 is 14.7 Å². The summed E-state index contributed by atoms with van der Waals surface area (Å²) in [5, 5.41) is 11.1. The average molecular weight is 245 g/mol. The number of hydrogen-bond acceptors (Lipinski definition) is 3. The number of aliphatic carboxylic acids is 1. The second kappa shape index (κ2) is 5.34. The topological polar surface area (TPSA) is 57.2 Å². The number of carboxylic acids is 1. The molecule has 0 spiro atoms. The highest BCUT2D eigenvalue weighted by molar-refractivity contribution is 5.99. The molecule has 2 rings (SSSR count). The SMILES string of the molecule is Cc1ccc(C(=O)[C@H]2CCCC[C@H]2C(=O)[O-])cc1. The number of carbonyl (C=O) groups is 2. The van der Waals surface area contributed by atoms with E-state index < -0.39 is 17.8 Å². The fraction of sp³-hybridized carbons (Fsp3) is 0.467. The van der Waals surface area contributed by atoms with Gasteiger partial charge in [-0.05, 0) is 19.8 Å². The molecule has 0 unspecified atom stereocenters. The summed E-state index contributed by atoms with van der Waals surface area (Å²) in [7, 11) is 0. The Morgan fingerprint density at radius 1 is 1.06 bits per heavy atom. The van der Waals surface area contributed by atoms with Crippen LogP contribution in [-0.2, 0) is 4.79 Å². The predicted octanol–water partition coefficient (Wildman–Crippen LogP) is 1.73. The number of rotatable bonds is 3. The molecule has 0 N–H and O–H groups in total. The van der Waals surface area contributed by atoms with Gasteiger partial charge in [-0.2, -0.15) is 0 Å². The first-order chi connectivity index (χ1) is 8.59. The van der Waals surface area contributed by atoms with Crippen molar-refractivity contribution >= 4 is 11.8 Å². The quantitative estimate of drug-likeness (QED) is 0.762. The van der Waals surface area contributed by atoms with E-state index in [2.05, 4.69) is 0 Å². The molecule has 0 bridgehead atoms. The van der Waals surface area contributed by atoms with Crippen LogP contribution >= 0.6 is 0 Å². The minimum absolute atomic E-state index is 0.0519.